The quantitative estimate of drug-likeness (QED) is 0.0944. The van der Waals surface area contributed by atoms with Crippen molar-refractivity contribution >= 4 is 49.2 Å². The third-order valence-corrected chi connectivity index (χ3v) is 8.86. The highest BCUT2D eigenvalue weighted by molar-refractivity contribution is 7.53. The van der Waals surface area contributed by atoms with Crippen molar-refractivity contribution in [3.63, 3.8) is 0 Å². The highest BCUT2D eigenvalue weighted by atomic mass is 35.5. The first-order valence-corrected chi connectivity index (χ1v) is 17.8. The zero-order valence-corrected chi connectivity index (χ0v) is 28.7. The lowest BCUT2D eigenvalue weighted by molar-refractivity contribution is -0.0400. The van der Waals surface area contributed by atoms with Crippen LogP contribution in [0.3, 0.4) is 0 Å². The van der Waals surface area contributed by atoms with E-state index in [2.05, 4.69) is 15.3 Å². The minimum Gasteiger partial charge on any atom is -0.432 e. The summed E-state index contributed by atoms with van der Waals surface area (Å²) in [5.41, 5.74) is 1.52. The highest BCUT2D eigenvalue weighted by Gasteiger charge is 2.32. The molecule has 1 aromatic heterocycles. The molecule has 47 heavy (non-hydrogen) atoms. The average Bonchev–Trinajstić information content (AvgIpc) is 3.62. The summed E-state index contributed by atoms with van der Waals surface area (Å²) in [4.78, 5) is 36.9. The molecule has 0 aromatic carbocycles. The first kappa shape index (κ1) is 37.2. The van der Waals surface area contributed by atoms with E-state index in [-0.39, 0.29) is 36.1 Å². The molecule has 2 unspecified atom stereocenters. The van der Waals surface area contributed by atoms with Crippen LogP contribution >= 0.6 is 19.2 Å². The Morgan fingerprint density at radius 3 is 2.32 bits per heavy atom. The maximum absolute atomic E-state index is 13.3. The van der Waals surface area contributed by atoms with Crippen LogP contribution in [0.4, 0.5) is 21.1 Å². The summed E-state index contributed by atoms with van der Waals surface area (Å²) in [5.74, 6) is 0.776. The Hall–Kier alpha value is -2.59. The summed E-state index contributed by atoms with van der Waals surface area (Å²) in [6.45, 7) is 6.52. The van der Waals surface area contributed by atoms with Crippen LogP contribution in [-0.2, 0) is 53.2 Å². The molecule has 16 nitrogen and oxygen atoms in total. The molecule has 3 aliphatic heterocycles. The fraction of sp³-hybridized carbons (Fsp3) is 0.759. The van der Waals surface area contributed by atoms with Gasteiger partial charge in [-0.2, -0.15) is 4.98 Å². The number of hydrogen-bond acceptors (Lipinski definition) is 16. The van der Waals surface area contributed by atoms with Crippen molar-refractivity contribution in [2.45, 2.75) is 96.7 Å². The lowest BCUT2D eigenvalue weighted by Crippen LogP contribution is -2.21. The summed E-state index contributed by atoms with van der Waals surface area (Å²) in [7, 11) is -4.05. The molecule has 0 aliphatic carbocycles. The third-order valence-electron chi connectivity index (χ3n) is 7.20. The number of aryl methyl sites for hydroxylation is 1. The Bertz CT molecular complexity index is 1230. The molecule has 2 saturated heterocycles. The summed E-state index contributed by atoms with van der Waals surface area (Å²) in [5, 5.41) is 3.58. The lowest BCUT2D eigenvalue weighted by Gasteiger charge is -2.20. The Labute approximate surface area is 279 Å². The predicted octanol–water partition coefficient (Wildman–Crippen LogP) is 5.77. The van der Waals surface area contributed by atoms with Gasteiger partial charge in [-0.05, 0) is 83.7 Å². The van der Waals surface area contributed by atoms with E-state index in [1.165, 1.54) is 0 Å². The minimum absolute atomic E-state index is 0.0239. The maximum atomic E-state index is 13.3. The lowest BCUT2D eigenvalue weighted by atomic mass is 9.96. The molecule has 3 aliphatic rings. The van der Waals surface area contributed by atoms with Crippen LogP contribution < -0.4 is 5.32 Å². The van der Waals surface area contributed by atoms with Gasteiger partial charge in [-0.1, -0.05) is 0 Å². The van der Waals surface area contributed by atoms with Crippen LogP contribution in [0.2, 0.25) is 5.28 Å². The van der Waals surface area contributed by atoms with Gasteiger partial charge in [-0.15, -0.1) is 0 Å². The number of aromatic nitrogens is 2. The number of aliphatic imine (C=N–C) groups is 1. The first-order chi connectivity index (χ1) is 22.5. The van der Waals surface area contributed by atoms with E-state index in [0.29, 0.717) is 31.1 Å². The number of carbonyl (C=O) groups excluding carboxylic acids is 2. The molecule has 0 radical (unpaired) electrons. The third kappa shape index (κ3) is 12.7. The number of anilines is 1. The number of ether oxygens (including phenoxy) is 7. The van der Waals surface area contributed by atoms with Gasteiger partial charge in [0.2, 0.25) is 18.9 Å². The molecule has 0 saturated carbocycles. The van der Waals surface area contributed by atoms with Crippen molar-refractivity contribution in [2.24, 2.45) is 10.9 Å². The van der Waals surface area contributed by atoms with Crippen LogP contribution in [0.1, 0.15) is 65.5 Å². The molecule has 4 atom stereocenters. The van der Waals surface area contributed by atoms with E-state index < -0.39 is 52.0 Å². The largest absolute Gasteiger partial charge is 0.510 e. The number of nitrogens with zero attached hydrogens (tertiary/aromatic N) is 3. The average molecular weight is 707 g/mol. The number of hydrogen-bond donors (Lipinski definition) is 1. The monoisotopic (exact) mass is 706 g/mol. The molecule has 18 heteroatoms. The van der Waals surface area contributed by atoms with Gasteiger partial charge in [0, 0.05) is 12.8 Å². The zero-order valence-electron chi connectivity index (χ0n) is 27.1. The Morgan fingerprint density at radius 2 is 1.68 bits per heavy atom. The van der Waals surface area contributed by atoms with E-state index in [1.807, 2.05) is 6.21 Å². The molecule has 0 bridgehead atoms. The van der Waals surface area contributed by atoms with Gasteiger partial charge in [0.25, 0.3) is 0 Å². The van der Waals surface area contributed by atoms with E-state index in [9.17, 15) is 14.2 Å². The topological polar surface area (TPSA) is 184 Å². The fourth-order valence-electron chi connectivity index (χ4n) is 5.06. The van der Waals surface area contributed by atoms with Gasteiger partial charge < -0.3 is 38.5 Å². The van der Waals surface area contributed by atoms with Crippen molar-refractivity contribution in [1.29, 1.82) is 0 Å². The Balaban J connectivity index is 1.24. The maximum Gasteiger partial charge on any atom is 0.510 e. The normalized spacial score (nSPS) is 22.6. The smallest absolute Gasteiger partial charge is 0.432 e. The van der Waals surface area contributed by atoms with Crippen molar-refractivity contribution in [1.82, 2.24) is 9.97 Å². The Kier molecular flexibility index (Phi) is 14.5. The van der Waals surface area contributed by atoms with Crippen molar-refractivity contribution in [3.8, 4) is 0 Å². The second-order valence-corrected chi connectivity index (χ2v) is 14.2. The molecule has 1 N–H and O–H groups in total. The second kappa shape index (κ2) is 18.2. The van der Waals surface area contributed by atoms with Gasteiger partial charge in [-0.25, -0.2) is 14.6 Å². The number of nitrogens with one attached hydrogen (secondary N) is 1. The number of halogens is 1. The van der Waals surface area contributed by atoms with Crippen molar-refractivity contribution in [3.05, 3.63) is 11.0 Å². The molecule has 2 fully saturated rings. The molecular formula is C29H44ClN4O12P. The predicted molar refractivity (Wildman–Crippen MR) is 168 cm³/mol. The molecular weight excluding hydrogens is 663 g/mol. The van der Waals surface area contributed by atoms with Crippen LogP contribution in [0.5, 0.6) is 0 Å². The molecule has 1 aromatic rings. The van der Waals surface area contributed by atoms with Crippen molar-refractivity contribution < 1.29 is 56.4 Å². The Morgan fingerprint density at radius 1 is 1.00 bits per heavy atom. The van der Waals surface area contributed by atoms with Gasteiger partial charge in [0.1, 0.15) is 12.0 Å². The highest BCUT2D eigenvalue weighted by Crippen LogP contribution is 2.48. The number of rotatable bonds is 16. The standard InChI is InChI=1S/C29H44ClN4O12P/c1-18(2)44-28(35)40-15-42-47(37,43-16-41-29(36)45-19(3)4)17-39-14-23-7-6-22(46-23)11-20-5-8-24-25(31-12-20)26(34-27(30)33-24)32-21-9-10-38-13-21/h12,18-23H,5-11,13-17H2,1-4H3,(H,32,33,34)/t20-,21+,22?,23?/m1/s1. The SMILES string of the molecule is CC(C)OC(=O)OCOP(=O)(COCC1CCC(C[C@@H]2C=Nc3c(nc(Cl)nc3N[C@H]3CCOC3)CC2)O1)OCOC(=O)OC(C)C. The fourth-order valence-corrected chi connectivity index (χ4v) is 6.23. The van der Waals surface area contributed by atoms with Gasteiger partial charge in [-0.3, -0.25) is 18.6 Å². The van der Waals surface area contributed by atoms with Crippen LogP contribution in [0.25, 0.3) is 0 Å². The van der Waals surface area contributed by atoms with Crippen LogP contribution in [0, 0.1) is 5.92 Å². The van der Waals surface area contributed by atoms with Gasteiger partial charge in [0.05, 0.1) is 49.4 Å². The first-order valence-electron chi connectivity index (χ1n) is 15.7. The zero-order chi connectivity index (χ0) is 33.8. The molecule has 0 spiro atoms. The number of fused-ring (bicyclic) bond motifs is 1. The van der Waals surface area contributed by atoms with E-state index >= 15 is 0 Å². The molecule has 0 amide bonds. The minimum atomic E-state index is -4.05. The van der Waals surface area contributed by atoms with E-state index in [4.69, 9.17) is 58.8 Å². The second-order valence-electron chi connectivity index (χ2n) is 11.8. The molecule has 264 valence electrons. The van der Waals surface area contributed by atoms with Crippen LogP contribution in [0.15, 0.2) is 4.99 Å². The molecule has 4 heterocycles. The summed E-state index contributed by atoms with van der Waals surface area (Å²) >= 11 is 6.23. The molecule has 4 rings (SSSR count). The summed E-state index contributed by atoms with van der Waals surface area (Å²) in [6, 6.07) is 0.154. The van der Waals surface area contributed by atoms with E-state index in [0.717, 1.165) is 37.8 Å². The van der Waals surface area contributed by atoms with Crippen LogP contribution in [-0.4, -0.2) is 98.7 Å². The summed E-state index contributed by atoms with van der Waals surface area (Å²) in [6.07, 6.45) is 3.01. The van der Waals surface area contributed by atoms with Gasteiger partial charge >= 0.3 is 19.9 Å². The van der Waals surface area contributed by atoms with Gasteiger partial charge in [0.15, 0.2) is 5.82 Å². The number of carbonyl (C=O) groups is 2. The summed E-state index contributed by atoms with van der Waals surface area (Å²) < 4.78 is 60.3. The van der Waals surface area contributed by atoms with Crippen molar-refractivity contribution in [2.75, 3.05) is 45.1 Å². The van der Waals surface area contributed by atoms with E-state index in [1.54, 1.807) is 27.7 Å².